The minimum absolute atomic E-state index is 0.384. The fourth-order valence-corrected chi connectivity index (χ4v) is 1.59. The minimum atomic E-state index is -0.384. The van der Waals surface area contributed by atoms with Gasteiger partial charge in [-0.3, -0.25) is 0 Å². The van der Waals surface area contributed by atoms with Crippen molar-refractivity contribution in [3.05, 3.63) is 0 Å². The van der Waals surface area contributed by atoms with Crippen LogP contribution in [0.4, 0.5) is 0 Å². The van der Waals surface area contributed by atoms with Crippen LogP contribution in [0, 0.1) is 5.92 Å². The van der Waals surface area contributed by atoms with Crippen LogP contribution in [0.15, 0.2) is 0 Å². The third kappa shape index (κ3) is 6.84. The van der Waals surface area contributed by atoms with Gasteiger partial charge < -0.3 is 19.5 Å². The fraction of sp³-hybridized carbons (Fsp3) is 1.00. The van der Waals surface area contributed by atoms with E-state index >= 15 is 0 Å². The van der Waals surface area contributed by atoms with Crippen LogP contribution in [0.3, 0.4) is 0 Å². The lowest BCUT2D eigenvalue weighted by Crippen LogP contribution is -2.33. The van der Waals surface area contributed by atoms with Crippen molar-refractivity contribution in [1.29, 1.82) is 0 Å². The predicted octanol–water partition coefficient (Wildman–Crippen LogP) is 0.352. The second-order valence-corrected chi connectivity index (χ2v) is 4.39. The summed E-state index contributed by atoms with van der Waals surface area (Å²) in [5.74, 6) is 0.872. The summed E-state index contributed by atoms with van der Waals surface area (Å²) in [7, 11) is 3.69. The molecule has 0 aromatic heterocycles. The molecule has 1 rings (SSSR count). The highest BCUT2D eigenvalue weighted by Gasteiger charge is 2.23. The Hall–Kier alpha value is -0.160. The number of ether oxygens (including phenoxy) is 2. The molecule has 0 amide bonds. The molecule has 15 heavy (non-hydrogen) atoms. The standard InChI is InChI=1S/C11H23NO3/c1-12(7-10-3-4-10)8-11(13)9-15-6-5-14-2/h10-11,13H,3-9H2,1-2H3. The molecule has 4 heteroatoms. The molecule has 4 nitrogen and oxygen atoms in total. The third-order valence-corrected chi connectivity index (χ3v) is 2.53. The maximum absolute atomic E-state index is 9.64. The molecular formula is C11H23NO3. The van der Waals surface area contributed by atoms with Gasteiger partial charge in [-0.05, 0) is 25.8 Å². The highest BCUT2D eigenvalue weighted by Crippen LogP contribution is 2.29. The topological polar surface area (TPSA) is 41.9 Å². The number of methoxy groups -OCH3 is 1. The van der Waals surface area contributed by atoms with Crippen LogP contribution in [-0.2, 0) is 9.47 Å². The van der Waals surface area contributed by atoms with Crippen molar-refractivity contribution < 1.29 is 14.6 Å². The van der Waals surface area contributed by atoms with Gasteiger partial charge in [0.15, 0.2) is 0 Å². The lowest BCUT2D eigenvalue weighted by atomic mass is 10.3. The van der Waals surface area contributed by atoms with Gasteiger partial charge in [0.1, 0.15) is 0 Å². The molecule has 1 unspecified atom stereocenters. The number of hydrogen-bond acceptors (Lipinski definition) is 4. The van der Waals surface area contributed by atoms with Gasteiger partial charge in [-0.15, -0.1) is 0 Å². The van der Waals surface area contributed by atoms with E-state index in [0.717, 1.165) is 12.5 Å². The van der Waals surface area contributed by atoms with E-state index in [1.807, 2.05) is 0 Å². The Morgan fingerprint density at radius 1 is 1.40 bits per heavy atom. The Labute approximate surface area is 92.2 Å². The van der Waals surface area contributed by atoms with E-state index in [0.29, 0.717) is 26.4 Å². The molecule has 0 bridgehead atoms. The zero-order chi connectivity index (χ0) is 11.1. The van der Waals surface area contributed by atoms with E-state index in [-0.39, 0.29) is 6.10 Å². The molecule has 1 atom stereocenters. The molecule has 0 heterocycles. The van der Waals surface area contributed by atoms with Crippen molar-refractivity contribution in [2.45, 2.75) is 18.9 Å². The molecule has 0 radical (unpaired) electrons. The first-order valence-corrected chi connectivity index (χ1v) is 5.65. The van der Waals surface area contributed by atoms with E-state index in [2.05, 4.69) is 11.9 Å². The molecule has 90 valence electrons. The number of aliphatic hydroxyl groups is 1. The molecule has 1 aliphatic rings. The quantitative estimate of drug-likeness (QED) is 0.566. The predicted molar refractivity (Wildman–Crippen MR) is 58.9 cm³/mol. The smallest absolute Gasteiger partial charge is 0.0900 e. The van der Waals surface area contributed by atoms with E-state index in [1.165, 1.54) is 12.8 Å². The van der Waals surface area contributed by atoms with E-state index in [4.69, 9.17) is 9.47 Å². The Kier molecular flexibility index (Phi) is 6.17. The highest BCUT2D eigenvalue weighted by molar-refractivity contribution is 4.76. The monoisotopic (exact) mass is 217 g/mol. The molecular weight excluding hydrogens is 194 g/mol. The van der Waals surface area contributed by atoms with Crippen LogP contribution >= 0.6 is 0 Å². The van der Waals surface area contributed by atoms with Crippen LogP contribution < -0.4 is 0 Å². The average molecular weight is 217 g/mol. The lowest BCUT2D eigenvalue weighted by Gasteiger charge is -2.20. The van der Waals surface area contributed by atoms with E-state index < -0.39 is 0 Å². The largest absolute Gasteiger partial charge is 0.389 e. The van der Waals surface area contributed by atoms with Gasteiger partial charge >= 0.3 is 0 Å². The minimum Gasteiger partial charge on any atom is -0.389 e. The normalized spacial score (nSPS) is 18.4. The summed E-state index contributed by atoms with van der Waals surface area (Å²) < 4.78 is 10.1. The summed E-state index contributed by atoms with van der Waals surface area (Å²) in [5.41, 5.74) is 0. The maximum atomic E-state index is 9.64. The Morgan fingerprint density at radius 2 is 2.13 bits per heavy atom. The Bertz CT molecular complexity index is 162. The van der Waals surface area contributed by atoms with Crippen LogP contribution in [0.25, 0.3) is 0 Å². The SMILES string of the molecule is COCCOCC(O)CN(C)CC1CC1. The number of nitrogens with zero attached hydrogens (tertiary/aromatic N) is 1. The van der Waals surface area contributed by atoms with E-state index in [1.54, 1.807) is 7.11 Å². The molecule has 1 fully saturated rings. The lowest BCUT2D eigenvalue weighted by molar-refractivity contribution is 0.00200. The maximum Gasteiger partial charge on any atom is 0.0900 e. The van der Waals surface area contributed by atoms with Crippen LogP contribution in [0.2, 0.25) is 0 Å². The zero-order valence-electron chi connectivity index (χ0n) is 9.82. The third-order valence-electron chi connectivity index (χ3n) is 2.53. The summed E-state index contributed by atoms with van der Waals surface area (Å²) >= 11 is 0. The zero-order valence-corrected chi connectivity index (χ0v) is 9.82. The molecule has 0 saturated heterocycles. The molecule has 0 aromatic carbocycles. The van der Waals surface area contributed by atoms with Crippen molar-refractivity contribution >= 4 is 0 Å². The number of rotatable bonds is 9. The first-order chi connectivity index (χ1) is 7.22. The van der Waals surface area contributed by atoms with Gasteiger partial charge in [0.2, 0.25) is 0 Å². The summed E-state index contributed by atoms with van der Waals surface area (Å²) in [6, 6.07) is 0. The van der Waals surface area contributed by atoms with Crippen LogP contribution in [0.1, 0.15) is 12.8 Å². The summed E-state index contributed by atoms with van der Waals surface area (Å²) in [5, 5.41) is 9.64. The fourth-order valence-electron chi connectivity index (χ4n) is 1.59. The Balaban J connectivity index is 1.93. The van der Waals surface area contributed by atoms with Crippen molar-refractivity contribution in [2.75, 3.05) is 47.1 Å². The summed E-state index contributed by atoms with van der Waals surface area (Å²) in [4.78, 5) is 2.18. The van der Waals surface area contributed by atoms with Gasteiger partial charge in [-0.2, -0.15) is 0 Å². The van der Waals surface area contributed by atoms with E-state index in [9.17, 15) is 5.11 Å². The number of hydrogen-bond donors (Lipinski definition) is 1. The van der Waals surface area contributed by atoms with Gasteiger partial charge in [0, 0.05) is 20.2 Å². The second kappa shape index (κ2) is 7.17. The molecule has 0 aliphatic heterocycles. The van der Waals surface area contributed by atoms with Crippen LogP contribution in [-0.4, -0.2) is 63.2 Å². The molecule has 0 aromatic rings. The van der Waals surface area contributed by atoms with Gasteiger partial charge in [-0.25, -0.2) is 0 Å². The number of likely N-dealkylation sites (N-methyl/N-ethyl adjacent to an activating group) is 1. The molecule has 0 spiro atoms. The van der Waals surface area contributed by atoms with Crippen molar-refractivity contribution in [3.63, 3.8) is 0 Å². The van der Waals surface area contributed by atoms with Gasteiger partial charge in [-0.1, -0.05) is 0 Å². The first-order valence-electron chi connectivity index (χ1n) is 5.65. The van der Waals surface area contributed by atoms with Crippen molar-refractivity contribution in [1.82, 2.24) is 4.90 Å². The number of aliphatic hydroxyl groups excluding tert-OH is 1. The molecule has 1 N–H and O–H groups in total. The second-order valence-electron chi connectivity index (χ2n) is 4.39. The summed E-state index contributed by atoms with van der Waals surface area (Å²) in [6.07, 6.45) is 2.32. The van der Waals surface area contributed by atoms with Crippen molar-refractivity contribution in [2.24, 2.45) is 5.92 Å². The van der Waals surface area contributed by atoms with Crippen molar-refractivity contribution in [3.8, 4) is 0 Å². The van der Waals surface area contributed by atoms with Gasteiger partial charge in [0.25, 0.3) is 0 Å². The Morgan fingerprint density at radius 3 is 2.73 bits per heavy atom. The summed E-state index contributed by atoms with van der Waals surface area (Å²) in [6.45, 7) is 3.35. The van der Waals surface area contributed by atoms with Gasteiger partial charge in [0.05, 0.1) is 25.9 Å². The molecule has 1 saturated carbocycles. The van der Waals surface area contributed by atoms with Crippen LogP contribution in [0.5, 0.6) is 0 Å². The average Bonchev–Trinajstić information content (AvgIpc) is 2.96. The molecule has 1 aliphatic carbocycles. The highest BCUT2D eigenvalue weighted by atomic mass is 16.5. The first kappa shape index (κ1) is 12.9.